The summed E-state index contributed by atoms with van der Waals surface area (Å²) in [6, 6.07) is 0. The second-order valence-corrected chi connectivity index (χ2v) is 6.09. The fourth-order valence-corrected chi connectivity index (χ4v) is 3.35. The van der Waals surface area contributed by atoms with Gasteiger partial charge in [-0.3, -0.25) is 9.48 Å². The molecule has 2 heterocycles. The van der Waals surface area contributed by atoms with E-state index in [1.165, 1.54) is 0 Å². The average Bonchev–Trinajstić information content (AvgIpc) is 2.92. The minimum absolute atomic E-state index is 0. The fourth-order valence-electron chi connectivity index (χ4n) is 3.35. The number of nitrogens with one attached hydrogen (secondary N) is 1. The third-order valence-electron chi connectivity index (χ3n) is 4.64. The second-order valence-electron chi connectivity index (χ2n) is 6.09. The van der Waals surface area contributed by atoms with Gasteiger partial charge >= 0.3 is 0 Å². The zero-order valence-electron chi connectivity index (χ0n) is 12.5. The van der Waals surface area contributed by atoms with E-state index >= 15 is 0 Å². The molecule has 1 aromatic rings. The number of carbonyl (C=O) groups excluding carboxylic acids is 1. The van der Waals surface area contributed by atoms with Crippen molar-refractivity contribution in [1.82, 2.24) is 20.0 Å². The quantitative estimate of drug-likeness (QED) is 0.913. The van der Waals surface area contributed by atoms with Gasteiger partial charge in [0, 0.05) is 38.3 Å². The zero-order chi connectivity index (χ0) is 13.5. The van der Waals surface area contributed by atoms with Crippen molar-refractivity contribution < 1.29 is 4.79 Å². The molecule has 0 bridgehead atoms. The number of aromatic nitrogens is 2. The molecule has 7 heteroatoms. The maximum absolute atomic E-state index is 12.5. The first-order valence-corrected chi connectivity index (χ1v) is 7.04. The first-order valence-electron chi connectivity index (χ1n) is 7.04. The first kappa shape index (κ1) is 18.3. The SMILES string of the molecule is CN(Cc1cnn(C)c1)C(=O)C1CC12CCNCC2.Cl.Cl. The van der Waals surface area contributed by atoms with Gasteiger partial charge in [-0.15, -0.1) is 24.8 Å². The number of carbonyl (C=O) groups is 1. The van der Waals surface area contributed by atoms with Crippen LogP contribution in [-0.2, 0) is 18.4 Å². The highest BCUT2D eigenvalue weighted by atomic mass is 35.5. The maximum Gasteiger partial charge on any atom is 0.226 e. The van der Waals surface area contributed by atoms with E-state index in [0.29, 0.717) is 17.9 Å². The van der Waals surface area contributed by atoms with Gasteiger partial charge in [0.15, 0.2) is 0 Å². The molecule has 1 aromatic heterocycles. The van der Waals surface area contributed by atoms with Crippen LogP contribution in [-0.4, -0.2) is 40.7 Å². The van der Waals surface area contributed by atoms with Crippen LogP contribution in [0, 0.1) is 11.3 Å². The van der Waals surface area contributed by atoms with Crippen LogP contribution in [0.2, 0.25) is 0 Å². The number of rotatable bonds is 3. The lowest BCUT2D eigenvalue weighted by atomic mass is 9.91. The van der Waals surface area contributed by atoms with Crippen molar-refractivity contribution in [2.75, 3.05) is 20.1 Å². The summed E-state index contributed by atoms with van der Waals surface area (Å²) in [6.45, 7) is 2.80. The number of hydrogen-bond donors (Lipinski definition) is 1. The summed E-state index contributed by atoms with van der Waals surface area (Å²) < 4.78 is 1.78. The van der Waals surface area contributed by atoms with E-state index in [1.54, 1.807) is 4.68 Å². The molecule has 5 nitrogen and oxygen atoms in total. The van der Waals surface area contributed by atoms with Crippen molar-refractivity contribution in [3.8, 4) is 0 Å². The molecule has 2 fully saturated rings. The van der Waals surface area contributed by atoms with Gasteiger partial charge in [0.2, 0.25) is 5.91 Å². The lowest BCUT2D eigenvalue weighted by Crippen LogP contribution is -2.34. The smallest absolute Gasteiger partial charge is 0.226 e. The molecular weight excluding hydrogens is 311 g/mol. The summed E-state index contributed by atoms with van der Waals surface area (Å²) in [5, 5.41) is 7.52. The van der Waals surface area contributed by atoms with Crippen molar-refractivity contribution >= 4 is 30.7 Å². The van der Waals surface area contributed by atoms with E-state index < -0.39 is 0 Å². The van der Waals surface area contributed by atoms with Crippen LogP contribution in [0.4, 0.5) is 0 Å². The predicted octanol–water partition coefficient (Wildman–Crippen LogP) is 1.61. The molecule has 1 atom stereocenters. The summed E-state index contributed by atoms with van der Waals surface area (Å²) in [4.78, 5) is 14.3. The van der Waals surface area contributed by atoms with Gasteiger partial charge in [0.05, 0.1) is 6.20 Å². The number of aryl methyl sites for hydroxylation is 1. The third kappa shape index (κ3) is 3.71. The molecule has 0 radical (unpaired) electrons. The van der Waals surface area contributed by atoms with E-state index in [2.05, 4.69) is 10.4 Å². The lowest BCUT2D eigenvalue weighted by Gasteiger charge is -2.25. The number of piperidine rings is 1. The number of amides is 1. The zero-order valence-corrected chi connectivity index (χ0v) is 14.2. The monoisotopic (exact) mass is 334 g/mol. The van der Waals surface area contributed by atoms with Gasteiger partial charge in [-0.25, -0.2) is 0 Å². The highest BCUT2D eigenvalue weighted by molar-refractivity contribution is 5.85. The summed E-state index contributed by atoms with van der Waals surface area (Å²) in [5.74, 6) is 0.571. The second kappa shape index (κ2) is 6.99. The Morgan fingerprint density at radius 2 is 2.14 bits per heavy atom. The largest absolute Gasteiger partial charge is 0.341 e. The van der Waals surface area contributed by atoms with E-state index in [4.69, 9.17) is 0 Å². The molecule has 1 spiro atoms. The van der Waals surface area contributed by atoms with Gasteiger partial charge in [0.1, 0.15) is 0 Å². The van der Waals surface area contributed by atoms with Gasteiger partial charge in [-0.1, -0.05) is 0 Å². The van der Waals surface area contributed by atoms with E-state index in [9.17, 15) is 4.79 Å². The Bertz CT molecular complexity index is 485. The van der Waals surface area contributed by atoms with Crippen LogP contribution in [0.15, 0.2) is 12.4 Å². The number of hydrogen-bond acceptors (Lipinski definition) is 3. The highest BCUT2D eigenvalue weighted by Crippen LogP contribution is 2.59. The van der Waals surface area contributed by atoms with Crippen LogP contribution in [0.5, 0.6) is 0 Å². The molecule has 1 unspecified atom stereocenters. The predicted molar refractivity (Wildman–Crippen MR) is 86.8 cm³/mol. The Morgan fingerprint density at radius 1 is 1.48 bits per heavy atom. The molecule has 1 aliphatic heterocycles. The van der Waals surface area contributed by atoms with Crippen LogP contribution in [0.25, 0.3) is 0 Å². The van der Waals surface area contributed by atoms with Crippen LogP contribution >= 0.6 is 24.8 Å². The average molecular weight is 335 g/mol. The normalized spacial score (nSPS) is 22.1. The van der Waals surface area contributed by atoms with Crippen LogP contribution in [0.3, 0.4) is 0 Å². The summed E-state index contributed by atoms with van der Waals surface area (Å²) >= 11 is 0. The Labute approximate surface area is 138 Å². The van der Waals surface area contributed by atoms with Crippen molar-refractivity contribution in [2.24, 2.45) is 18.4 Å². The van der Waals surface area contributed by atoms with Crippen molar-refractivity contribution in [1.29, 1.82) is 0 Å². The molecule has 1 N–H and O–H groups in total. The molecule has 21 heavy (non-hydrogen) atoms. The van der Waals surface area contributed by atoms with Gasteiger partial charge in [-0.2, -0.15) is 5.10 Å². The molecular formula is C14H24Cl2N4O. The highest BCUT2D eigenvalue weighted by Gasteiger charge is 2.58. The van der Waals surface area contributed by atoms with Crippen LogP contribution < -0.4 is 5.32 Å². The first-order chi connectivity index (χ1) is 9.11. The molecule has 2 aliphatic rings. The Morgan fingerprint density at radius 3 is 2.71 bits per heavy atom. The van der Waals surface area contributed by atoms with E-state index in [-0.39, 0.29) is 30.7 Å². The Balaban J connectivity index is 0.00000110. The molecule has 120 valence electrons. The molecule has 1 aliphatic carbocycles. The topological polar surface area (TPSA) is 50.2 Å². The molecule has 3 rings (SSSR count). The van der Waals surface area contributed by atoms with Gasteiger partial charge < -0.3 is 10.2 Å². The molecule has 1 saturated carbocycles. The Kier molecular flexibility index (Phi) is 6.08. The van der Waals surface area contributed by atoms with Crippen molar-refractivity contribution in [3.63, 3.8) is 0 Å². The van der Waals surface area contributed by atoms with E-state index in [1.807, 2.05) is 31.4 Å². The molecule has 1 amide bonds. The minimum Gasteiger partial charge on any atom is -0.341 e. The Hall–Kier alpha value is -0.780. The fraction of sp³-hybridized carbons (Fsp3) is 0.714. The summed E-state index contributed by atoms with van der Waals surface area (Å²) in [7, 11) is 3.80. The van der Waals surface area contributed by atoms with E-state index in [0.717, 1.165) is 37.9 Å². The van der Waals surface area contributed by atoms with Crippen molar-refractivity contribution in [3.05, 3.63) is 18.0 Å². The molecule has 1 saturated heterocycles. The lowest BCUT2D eigenvalue weighted by molar-refractivity contribution is -0.132. The van der Waals surface area contributed by atoms with Crippen LogP contribution in [0.1, 0.15) is 24.8 Å². The summed E-state index contributed by atoms with van der Waals surface area (Å²) in [5.41, 5.74) is 1.42. The van der Waals surface area contributed by atoms with Gasteiger partial charge in [0.25, 0.3) is 0 Å². The third-order valence-corrected chi connectivity index (χ3v) is 4.64. The number of halogens is 2. The maximum atomic E-state index is 12.5. The summed E-state index contributed by atoms with van der Waals surface area (Å²) in [6.07, 6.45) is 7.20. The van der Waals surface area contributed by atoms with Crippen molar-refractivity contribution in [2.45, 2.75) is 25.8 Å². The minimum atomic E-state index is 0. The number of nitrogens with zero attached hydrogens (tertiary/aromatic N) is 3. The van der Waals surface area contributed by atoms with Gasteiger partial charge in [-0.05, 0) is 37.8 Å². The molecule has 0 aromatic carbocycles. The standard InChI is InChI=1S/C14H22N4O.2ClH/c1-17(9-11-8-16-18(2)10-11)13(19)12-7-14(12)3-5-15-6-4-14;;/h8,10,12,15H,3-7,9H2,1-2H3;2*1H.